The van der Waals surface area contributed by atoms with Crippen LogP contribution < -0.4 is 0 Å². The van der Waals surface area contributed by atoms with Crippen molar-refractivity contribution in [2.45, 2.75) is 19.4 Å². The molecule has 0 spiro atoms. The monoisotopic (exact) mass is 431 g/mol. The Morgan fingerprint density at radius 1 is 1.19 bits per heavy atom. The van der Waals surface area contributed by atoms with E-state index in [1.807, 2.05) is 6.20 Å². The largest absolute Gasteiger partial charge is 0.465 e. The summed E-state index contributed by atoms with van der Waals surface area (Å²) in [6.07, 6.45) is 4.95. The molecule has 0 saturated carbocycles. The molecule has 3 rings (SSSR count). The molecule has 0 atom stereocenters. The quantitative estimate of drug-likeness (QED) is 0.418. The lowest BCUT2D eigenvalue weighted by atomic mass is 10.1. The molecule has 140 valence electrons. The predicted molar refractivity (Wildman–Crippen MR) is 104 cm³/mol. The van der Waals surface area contributed by atoms with Crippen molar-refractivity contribution in [3.63, 3.8) is 0 Å². The average Bonchev–Trinajstić information content (AvgIpc) is 3.10. The Bertz CT molecular complexity index is 925. The highest BCUT2D eigenvalue weighted by Gasteiger charge is 2.15. The summed E-state index contributed by atoms with van der Waals surface area (Å²) in [6, 6.07) is 9.79. The van der Waals surface area contributed by atoms with Gasteiger partial charge in [0.1, 0.15) is 11.5 Å². The standard InChI is InChI=1S/C20H19BrFN3O2/c1-27-20(26)15-7-10-23-18(12-15)19-24-13-17(6-9-21)25(19)11-8-14-2-4-16(22)5-3-14/h2-5,7,10,12-13H,6,8-9,11H2,1H3. The Hall–Kier alpha value is -2.54. The van der Waals surface area contributed by atoms with Crippen LogP contribution in [0.3, 0.4) is 0 Å². The number of alkyl halides is 1. The van der Waals surface area contributed by atoms with E-state index in [0.717, 1.165) is 29.4 Å². The van der Waals surface area contributed by atoms with E-state index in [4.69, 9.17) is 4.74 Å². The molecule has 0 unspecified atom stereocenters. The van der Waals surface area contributed by atoms with Crippen LogP contribution in [0.5, 0.6) is 0 Å². The van der Waals surface area contributed by atoms with E-state index < -0.39 is 5.97 Å². The number of hydrogen-bond donors (Lipinski definition) is 0. The highest BCUT2D eigenvalue weighted by atomic mass is 79.9. The SMILES string of the molecule is COC(=O)c1ccnc(-c2ncc(CCBr)n2CCc2ccc(F)cc2)c1. The maximum Gasteiger partial charge on any atom is 0.337 e. The number of hydrogen-bond acceptors (Lipinski definition) is 4. The van der Waals surface area contributed by atoms with Gasteiger partial charge >= 0.3 is 5.97 Å². The Morgan fingerprint density at radius 3 is 2.67 bits per heavy atom. The summed E-state index contributed by atoms with van der Waals surface area (Å²) in [4.78, 5) is 20.7. The molecule has 5 nitrogen and oxygen atoms in total. The normalized spacial score (nSPS) is 10.8. The molecule has 3 aromatic rings. The van der Waals surface area contributed by atoms with Gasteiger partial charge in [-0.15, -0.1) is 0 Å². The van der Waals surface area contributed by atoms with Crippen LogP contribution >= 0.6 is 15.9 Å². The minimum absolute atomic E-state index is 0.245. The zero-order valence-corrected chi connectivity index (χ0v) is 16.4. The Kier molecular flexibility index (Phi) is 6.34. The molecule has 2 heterocycles. The van der Waals surface area contributed by atoms with Gasteiger partial charge in [-0.3, -0.25) is 4.98 Å². The number of methoxy groups -OCH3 is 1. The molecule has 0 N–H and O–H groups in total. The van der Waals surface area contributed by atoms with Crippen molar-refractivity contribution in [3.8, 4) is 11.5 Å². The number of imidazole rings is 1. The van der Waals surface area contributed by atoms with Gasteiger partial charge in [0.15, 0.2) is 5.82 Å². The fraction of sp³-hybridized carbons (Fsp3) is 0.250. The van der Waals surface area contributed by atoms with E-state index in [2.05, 4.69) is 30.5 Å². The van der Waals surface area contributed by atoms with Crippen LogP contribution in [0.25, 0.3) is 11.5 Å². The van der Waals surface area contributed by atoms with Crippen LogP contribution in [0.2, 0.25) is 0 Å². The average molecular weight is 432 g/mol. The first-order valence-corrected chi connectivity index (χ1v) is 9.64. The second-order valence-corrected chi connectivity index (χ2v) is 6.75. The molecule has 0 fully saturated rings. The molecule has 1 aromatic carbocycles. The second-order valence-electron chi connectivity index (χ2n) is 5.96. The molecule has 0 aliphatic rings. The molecule has 0 saturated heterocycles. The number of pyridine rings is 1. The molecule has 0 aliphatic carbocycles. The molecular formula is C20H19BrFN3O2. The van der Waals surface area contributed by atoms with Crippen molar-refractivity contribution < 1.29 is 13.9 Å². The van der Waals surface area contributed by atoms with Gasteiger partial charge in [-0.05, 0) is 42.7 Å². The smallest absolute Gasteiger partial charge is 0.337 e. The minimum atomic E-state index is -0.413. The predicted octanol–water partition coefficient (Wildman–Crippen LogP) is 4.05. The molecule has 0 aliphatic heterocycles. The summed E-state index contributed by atoms with van der Waals surface area (Å²) >= 11 is 3.47. The van der Waals surface area contributed by atoms with E-state index >= 15 is 0 Å². The lowest BCUT2D eigenvalue weighted by Crippen LogP contribution is -2.09. The summed E-state index contributed by atoms with van der Waals surface area (Å²) in [7, 11) is 1.35. The maximum atomic E-state index is 13.1. The number of benzene rings is 1. The first kappa shape index (κ1) is 19.2. The Balaban J connectivity index is 1.91. The lowest BCUT2D eigenvalue weighted by molar-refractivity contribution is 0.0600. The molecule has 0 bridgehead atoms. The fourth-order valence-electron chi connectivity index (χ4n) is 2.85. The zero-order chi connectivity index (χ0) is 19.2. The van der Waals surface area contributed by atoms with Crippen LogP contribution in [0.15, 0.2) is 48.8 Å². The van der Waals surface area contributed by atoms with Crippen LogP contribution in [0.1, 0.15) is 21.6 Å². The maximum absolute atomic E-state index is 13.1. The number of ether oxygens (including phenoxy) is 1. The summed E-state index contributed by atoms with van der Waals surface area (Å²) < 4.78 is 20.0. The van der Waals surface area contributed by atoms with Gasteiger partial charge in [0.25, 0.3) is 0 Å². The van der Waals surface area contributed by atoms with Crippen LogP contribution in [0.4, 0.5) is 4.39 Å². The third-order valence-electron chi connectivity index (χ3n) is 4.24. The number of carbonyl (C=O) groups is 1. The third-order valence-corrected chi connectivity index (χ3v) is 4.63. The van der Waals surface area contributed by atoms with Crippen molar-refractivity contribution in [2.24, 2.45) is 0 Å². The van der Waals surface area contributed by atoms with Crippen molar-refractivity contribution in [2.75, 3.05) is 12.4 Å². The first-order valence-electron chi connectivity index (χ1n) is 8.52. The molecule has 0 amide bonds. The lowest BCUT2D eigenvalue weighted by Gasteiger charge is -2.12. The van der Waals surface area contributed by atoms with E-state index in [0.29, 0.717) is 23.6 Å². The van der Waals surface area contributed by atoms with Gasteiger partial charge in [0, 0.05) is 30.0 Å². The van der Waals surface area contributed by atoms with Crippen LogP contribution in [-0.2, 0) is 24.1 Å². The Morgan fingerprint density at radius 2 is 1.96 bits per heavy atom. The van der Waals surface area contributed by atoms with Crippen LogP contribution in [0, 0.1) is 5.82 Å². The highest BCUT2D eigenvalue weighted by molar-refractivity contribution is 9.09. The number of rotatable bonds is 7. The Labute approximate surface area is 165 Å². The van der Waals surface area contributed by atoms with Crippen molar-refractivity contribution in [1.29, 1.82) is 0 Å². The molecular weight excluding hydrogens is 413 g/mol. The van der Waals surface area contributed by atoms with Gasteiger partial charge in [-0.1, -0.05) is 28.1 Å². The van der Waals surface area contributed by atoms with Gasteiger partial charge in [0.05, 0.1) is 12.7 Å². The fourth-order valence-corrected chi connectivity index (χ4v) is 3.26. The number of aryl methyl sites for hydroxylation is 2. The summed E-state index contributed by atoms with van der Waals surface area (Å²) in [5.41, 5.74) is 3.14. The number of halogens is 2. The molecule has 2 aromatic heterocycles. The topological polar surface area (TPSA) is 57.0 Å². The van der Waals surface area contributed by atoms with Gasteiger partial charge in [-0.2, -0.15) is 0 Å². The summed E-state index contributed by atoms with van der Waals surface area (Å²) in [5.74, 6) is 0.0356. The number of esters is 1. The number of aromatic nitrogens is 3. The second kappa shape index (κ2) is 8.90. The third kappa shape index (κ3) is 4.60. The van der Waals surface area contributed by atoms with Gasteiger partial charge < -0.3 is 9.30 Å². The number of nitrogens with zero attached hydrogens (tertiary/aromatic N) is 3. The van der Waals surface area contributed by atoms with E-state index in [1.54, 1.807) is 30.5 Å². The van der Waals surface area contributed by atoms with E-state index in [9.17, 15) is 9.18 Å². The highest BCUT2D eigenvalue weighted by Crippen LogP contribution is 2.21. The van der Waals surface area contributed by atoms with E-state index in [-0.39, 0.29) is 5.82 Å². The van der Waals surface area contributed by atoms with Crippen molar-refractivity contribution in [1.82, 2.24) is 14.5 Å². The van der Waals surface area contributed by atoms with Crippen LogP contribution in [-0.4, -0.2) is 32.9 Å². The number of carbonyl (C=O) groups excluding carboxylic acids is 1. The molecule has 0 radical (unpaired) electrons. The van der Waals surface area contributed by atoms with E-state index in [1.165, 1.54) is 19.2 Å². The van der Waals surface area contributed by atoms with Crippen molar-refractivity contribution in [3.05, 3.63) is 71.4 Å². The van der Waals surface area contributed by atoms with Gasteiger partial charge in [-0.25, -0.2) is 14.2 Å². The summed E-state index contributed by atoms with van der Waals surface area (Å²) in [5, 5.41) is 0.810. The zero-order valence-electron chi connectivity index (χ0n) is 14.9. The molecule has 7 heteroatoms. The van der Waals surface area contributed by atoms with Crippen molar-refractivity contribution >= 4 is 21.9 Å². The molecule has 27 heavy (non-hydrogen) atoms. The first-order chi connectivity index (χ1) is 13.1. The van der Waals surface area contributed by atoms with Gasteiger partial charge in [0.2, 0.25) is 0 Å². The minimum Gasteiger partial charge on any atom is -0.465 e. The summed E-state index contributed by atoms with van der Waals surface area (Å²) in [6.45, 7) is 0.674.